The van der Waals surface area contributed by atoms with Crippen molar-refractivity contribution in [1.29, 1.82) is 0 Å². The van der Waals surface area contributed by atoms with Gasteiger partial charge >= 0.3 is 0 Å². The zero-order valence-electron chi connectivity index (χ0n) is 11.0. The fourth-order valence-electron chi connectivity index (χ4n) is 2.09. The van der Waals surface area contributed by atoms with Crippen LogP contribution in [0.5, 0.6) is 11.5 Å². The summed E-state index contributed by atoms with van der Waals surface area (Å²) in [5, 5.41) is 1.01. The van der Waals surface area contributed by atoms with Gasteiger partial charge in [0, 0.05) is 11.1 Å². The Morgan fingerprint density at radius 2 is 1.75 bits per heavy atom. The van der Waals surface area contributed by atoms with Gasteiger partial charge in [0.1, 0.15) is 11.3 Å². The van der Waals surface area contributed by atoms with Crippen molar-refractivity contribution in [1.82, 2.24) is 4.98 Å². The number of hydrogen-bond acceptors (Lipinski definition) is 3. The van der Waals surface area contributed by atoms with Crippen molar-refractivity contribution in [3.05, 3.63) is 65.9 Å². The standard InChI is InChI=1S/C17H13NO2/c1-12-9-10-13-6-4-8-16(17(13)18-12)20-15-7-3-2-5-14(15)11-19/h2-11H,1H3. The largest absolute Gasteiger partial charge is 0.454 e. The topological polar surface area (TPSA) is 39.2 Å². The molecule has 0 aliphatic rings. The maximum absolute atomic E-state index is 11.0. The van der Waals surface area contributed by atoms with E-state index < -0.39 is 0 Å². The van der Waals surface area contributed by atoms with E-state index in [2.05, 4.69) is 4.98 Å². The van der Waals surface area contributed by atoms with Gasteiger partial charge in [-0.25, -0.2) is 4.98 Å². The van der Waals surface area contributed by atoms with Crippen molar-refractivity contribution < 1.29 is 9.53 Å². The maximum atomic E-state index is 11.0. The molecule has 0 amide bonds. The molecule has 0 spiro atoms. The summed E-state index contributed by atoms with van der Waals surface area (Å²) < 4.78 is 5.87. The molecule has 3 rings (SSSR count). The molecule has 3 nitrogen and oxygen atoms in total. The molecule has 0 aliphatic carbocycles. The van der Waals surface area contributed by atoms with Crippen molar-refractivity contribution in [2.24, 2.45) is 0 Å². The Bertz CT molecular complexity index is 781. The van der Waals surface area contributed by atoms with Crippen LogP contribution in [0.2, 0.25) is 0 Å². The second kappa shape index (κ2) is 5.13. The van der Waals surface area contributed by atoms with Crippen LogP contribution < -0.4 is 4.74 Å². The number of nitrogens with zero attached hydrogens (tertiary/aromatic N) is 1. The number of aromatic nitrogens is 1. The molecule has 0 unspecified atom stereocenters. The van der Waals surface area contributed by atoms with Gasteiger partial charge in [0.25, 0.3) is 0 Å². The number of aryl methyl sites for hydroxylation is 1. The number of aldehydes is 1. The zero-order chi connectivity index (χ0) is 13.9. The first-order chi connectivity index (χ1) is 9.78. The molecule has 1 heterocycles. The number of rotatable bonds is 3. The van der Waals surface area contributed by atoms with Gasteiger partial charge in [-0.1, -0.05) is 30.3 Å². The number of carbonyl (C=O) groups is 1. The summed E-state index contributed by atoms with van der Waals surface area (Å²) in [6.45, 7) is 1.94. The first-order valence-electron chi connectivity index (χ1n) is 6.36. The van der Waals surface area contributed by atoms with Crippen LogP contribution in [0.3, 0.4) is 0 Å². The van der Waals surface area contributed by atoms with Gasteiger partial charge < -0.3 is 4.74 Å². The predicted octanol–water partition coefficient (Wildman–Crippen LogP) is 4.15. The van der Waals surface area contributed by atoms with Crippen LogP contribution in [0, 0.1) is 6.92 Å². The number of benzene rings is 2. The fourth-order valence-corrected chi connectivity index (χ4v) is 2.09. The highest BCUT2D eigenvalue weighted by Gasteiger charge is 2.07. The molecule has 0 bridgehead atoms. The molecule has 0 saturated heterocycles. The molecule has 0 aliphatic heterocycles. The molecule has 2 aromatic carbocycles. The second-order valence-electron chi connectivity index (χ2n) is 4.54. The summed E-state index contributed by atoms with van der Waals surface area (Å²) in [6.07, 6.45) is 0.791. The van der Waals surface area contributed by atoms with Crippen LogP contribution in [0.4, 0.5) is 0 Å². The number of pyridine rings is 1. The lowest BCUT2D eigenvalue weighted by Gasteiger charge is -2.10. The Balaban J connectivity index is 2.11. The number of ether oxygens (including phenoxy) is 1. The number of carbonyl (C=O) groups excluding carboxylic acids is 1. The number of para-hydroxylation sites is 2. The molecule has 20 heavy (non-hydrogen) atoms. The lowest BCUT2D eigenvalue weighted by Crippen LogP contribution is -1.92. The van der Waals surface area contributed by atoms with E-state index in [-0.39, 0.29) is 0 Å². The molecule has 0 atom stereocenters. The fraction of sp³-hybridized carbons (Fsp3) is 0.0588. The summed E-state index contributed by atoms with van der Waals surface area (Å²) in [7, 11) is 0. The van der Waals surface area contributed by atoms with Crippen LogP contribution in [-0.4, -0.2) is 11.3 Å². The van der Waals surface area contributed by atoms with Crippen molar-refractivity contribution >= 4 is 17.2 Å². The molecule has 0 N–H and O–H groups in total. The minimum Gasteiger partial charge on any atom is -0.454 e. The van der Waals surface area contributed by atoms with Crippen LogP contribution in [0.1, 0.15) is 16.1 Å². The molecular weight excluding hydrogens is 250 g/mol. The lowest BCUT2D eigenvalue weighted by atomic mass is 10.2. The van der Waals surface area contributed by atoms with E-state index in [1.807, 2.05) is 49.4 Å². The van der Waals surface area contributed by atoms with Crippen molar-refractivity contribution in [3.8, 4) is 11.5 Å². The average Bonchev–Trinajstić information content (AvgIpc) is 2.48. The predicted molar refractivity (Wildman–Crippen MR) is 78.4 cm³/mol. The number of fused-ring (bicyclic) bond motifs is 1. The Labute approximate surface area is 116 Å². The SMILES string of the molecule is Cc1ccc2cccc(Oc3ccccc3C=O)c2n1. The molecule has 0 fully saturated rings. The van der Waals surface area contributed by atoms with Crippen LogP contribution >= 0.6 is 0 Å². The molecule has 98 valence electrons. The maximum Gasteiger partial charge on any atom is 0.153 e. The monoisotopic (exact) mass is 263 g/mol. The summed E-state index contributed by atoms with van der Waals surface area (Å²) in [5.74, 6) is 1.19. The Morgan fingerprint density at radius 3 is 2.60 bits per heavy atom. The summed E-state index contributed by atoms with van der Waals surface area (Å²) in [4.78, 5) is 15.6. The summed E-state index contributed by atoms with van der Waals surface area (Å²) in [5.41, 5.74) is 2.25. The Kier molecular flexibility index (Phi) is 3.17. The van der Waals surface area contributed by atoms with E-state index in [9.17, 15) is 4.79 Å². The molecule has 3 heteroatoms. The van der Waals surface area contributed by atoms with Gasteiger partial charge in [-0.15, -0.1) is 0 Å². The lowest BCUT2D eigenvalue weighted by molar-refractivity contribution is 0.112. The second-order valence-corrected chi connectivity index (χ2v) is 4.54. The van der Waals surface area contributed by atoms with Crippen LogP contribution in [-0.2, 0) is 0 Å². The normalized spacial score (nSPS) is 10.4. The third-order valence-corrected chi connectivity index (χ3v) is 3.09. The third kappa shape index (κ3) is 2.26. The highest BCUT2D eigenvalue weighted by atomic mass is 16.5. The zero-order valence-corrected chi connectivity index (χ0v) is 11.0. The minimum atomic E-state index is 0.525. The van der Waals surface area contributed by atoms with Gasteiger partial charge in [-0.05, 0) is 31.2 Å². The highest BCUT2D eigenvalue weighted by Crippen LogP contribution is 2.30. The molecule has 0 saturated carbocycles. The Morgan fingerprint density at radius 1 is 0.950 bits per heavy atom. The van der Waals surface area contributed by atoms with Crippen molar-refractivity contribution in [2.45, 2.75) is 6.92 Å². The van der Waals surface area contributed by atoms with Gasteiger partial charge in [0.05, 0.1) is 5.56 Å². The van der Waals surface area contributed by atoms with E-state index in [1.54, 1.807) is 12.1 Å². The Hall–Kier alpha value is -2.68. The van der Waals surface area contributed by atoms with E-state index >= 15 is 0 Å². The minimum absolute atomic E-state index is 0.525. The van der Waals surface area contributed by atoms with E-state index in [0.717, 1.165) is 22.9 Å². The first-order valence-corrected chi connectivity index (χ1v) is 6.36. The molecule has 1 aromatic heterocycles. The summed E-state index contributed by atoms with van der Waals surface area (Å²) in [6, 6.07) is 16.9. The van der Waals surface area contributed by atoms with Crippen LogP contribution in [0.25, 0.3) is 10.9 Å². The number of hydrogen-bond donors (Lipinski definition) is 0. The van der Waals surface area contributed by atoms with Crippen molar-refractivity contribution in [3.63, 3.8) is 0 Å². The van der Waals surface area contributed by atoms with Gasteiger partial charge in [0.2, 0.25) is 0 Å². The van der Waals surface area contributed by atoms with E-state index in [0.29, 0.717) is 17.1 Å². The molecular formula is C17H13NO2. The van der Waals surface area contributed by atoms with E-state index in [1.165, 1.54) is 0 Å². The van der Waals surface area contributed by atoms with E-state index in [4.69, 9.17) is 4.74 Å². The average molecular weight is 263 g/mol. The first kappa shape index (κ1) is 12.4. The quantitative estimate of drug-likeness (QED) is 0.666. The van der Waals surface area contributed by atoms with Gasteiger partial charge in [0.15, 0.2) is 12.0 Å². The highest BCUT2D eigenvalue weighted by molar-refractivity contribution is 5.85. The van der Waals surface area contributed by atoms with Crippen molar-refractivity contribution in [2.75, 3.05) is 0 Å². The third-order valence-electron chi connectivity index (χ3n) is 3.09. The molecule has 3 aromatic rings. The summed E-state index contributed by atoms with van der Waals surface area (Å²) >= 11 is 0. The molecule has 0 radical (unpaired) electrons. The van der Waals surface area contributed by atoms with Gasteiger partial charge in [-0.2, -0.15) is 0 Å². The van der Waals surface area contributed by atoms with Crippen LogP contribution in [0.15, 0.2) is 54.6 Å². The van der Waals surface area contributed by atoms with Gasteiger partial charge in [-0.3, -0.25) is 4.79 Å². The smallest absolute Gasteiger partial charge is 0.153 e.